The summed E-state index contributed by atoms with van der Waals surface area (Å²) in [7, 11) is 1.80. The first kappa shape index (κ1) is 20.1. The van der Waals surface area contributed by atoms with Crippen LogP contribution in [0.5, 0.6) is 0 Å². The molecule has 0 aliphatic carbocycles. The number of hydrogen-bond acceptors (Lipinski definition) is 5. The lowest BCUT2D eigenvalue weighted by Gasteiger charge is -2.28. The van der Waals surface area contributed by atoms with E-state index in [2.05, 4.69) is 67.6 Å². The quantitative estimate of drug-likeness (QED) is 0.522. The average molecular weight is 471 g/mol. The average Bonchev–Trinajstić information content (AvgIpc) is 3.17. The van der Waals surface area contributed by atoms with E-state index in [-0.39, 0.29) is 0 Å². The first-order valence-electron chi connectivity index (χ1n) is 9.54. The number of ether oxygens (including phenoxy) is 1. The van der Waals surface area contributed by atoms with Crippen molar-refractivity contribution in [3.05, 3.63) is 68.7 Å². The molecule has 0 radical (unpaired) electrons. The van der Waals surface area contributed by atoms with Crippen LogP contribution in [0.25, 0.3) is 11.3 Å². The van der Waals surface area contributed by atoms with Gasteiger partial charge in [-0.05, 0) is 36.8 Å². The van der Waals surface area contributed by atoms with E-state index in [4.69, 9.17) is 9.84 Å². The zero-order valence-corrected chi connectivity index (χ0v) is 18.9. The number of rotatable bonds is 4. The Kier molecular flexibility index (Phi) is 6.28. The summed E-state index contributed by atoms with van der Waals surface area (Å²) in [5.74, 6) is 0. The number of hydrogen-bond donors (Lipinski definition) is 0. The number of aromatic nitrogens is 1. The van der Waals surface area contributed by atoms with Gasteiger partial charge in [-0.1, -0.05) is 40.2 Å². The Hall–Kier alpha value is -2.22. The van der Waals surface area contributed by atoms with Crippen molar-refractivity contribution in [1.82, 2.24) is 4.68 Å². The SMILES string of the molecule is CN=c1scc(-c2cccc(Br)c2)n1N=C(C)c1ccc(N2CCOCC2)cc1. The molecule has 0 spiro atoms. The molecule has 29 heavy (non-hydrogen) atoms. The Morgan fingerprint density at radius 3 is 2.55 bits per heavy atom. The number of anilines is 1. The number of halogens is 1. The molecule has 1 saturated heterocycles. The summed E-state index contributed by atoms with van der Waals surface area (Å²) in [6, 6.07) is 16.8. The smallest absolute Gasteiger partial charge is 0.205 e. The molecule has 0 unspecified atom stereocenters. The van der Waals surface area contributed by atoms with Crippen LogP contribution in [0.2, 0.25) is 0 Å². The van der Waals surface area contributed by atoms with Gasteiger partial charge in [-0.25, -0.2) is 4.68 Å². The molecule has 1 fully saturated rings. The van der Waals surface area contributed by atoms with Crippen molar-refractivity contribution in [3.8, 4) is 11.3 Å². The van der Waals surface area contributed by atoms with Gasteiger partial charge in [0.25, 0.3) is 0 Å². The molecule has 1 aliphatic heterocycles. The van der Waals surface area contributed by atoms with Gasteiger partial charge in [-0.3, -0.25) is 4.99 Å². The molecule has 7 heteroatoms. The molecule has 1 aliphatic rings. The molecule has 0 N–H and O–H groups in total. The minimum absolute atomic E-state index is 0.790. The van der Waals surface area contributed by atoms with Gasteiger partial charge < -0.3 is 9.64 Å². The van der Waals surface area contributed by atoms with Gasteiger partial charge in [-0.15, -0.1) is 11.3 Å². The lowest BCUT2D eigenvalue weighted by atomic mass is 10.1. The van der Waals surface area contributed by atoms with Crippen molar-refractivity contribution in [1.29, 1.82) is 0 Å². The Balaban J connectivity index is 1.66. The molecule has 150 valence electrons. The highest BCUT2D eigenvalue weighted by Gasteiger charge is 2.12. The summed E-state index contributed by atoms with van der Waals surface area (Å²) in [5.41, 5.74) is 5.41. The van der Waals surface area contributed by atoms with Crippen LogP contribution in [0.3, 0.4) is 0 Å². The molecule has 3 aromatic rings. The normalized spacial score (nSPS) is 15.8. The third-order valence-electron chi connectivity index (χ3n) is 4.91. The van der Waals surface area contributed by atoms with Gasteiger partial charge in [0, 0.05) is 41.2 Å². The van der Waals surface area contributed by atoms with Crippen LogP contribution in [0.1, 0.15) is 12.5 Å². The second-order valence-corrected chi connectivity index (χ2v) is 8.53. The van der Waals surface area contributed by atoms with E-state index in [0.717, 1.165) is 58.1 Å². The van der Waals surface area contributed by atoms with Crippen LogP contribution in [-0.4, -0.2) is 43.7 Å². The Labute approximate surface area is 183 Å². The maximum absolute atomic E-state index is 5.44. The lowest BCUT2D eigenvalue weighted by molar-refractivity contribution is 0.122. The summed E-state index contributed by atoms with van der Waals surface area (Å²) in [4.78, 5) is 7.62. The van der Waals surface area contributed by atoms with Gasteiger partial charge in [0.1, 0.15) is 0 Å². The van der Waals surface area contributed by atoms with Crippen LogP contribution < -0.4 is 9.70 Å². The predicted octanol–water partition coefficient (Wildman–Crippen LogP) is 4.62. The van der Waals surface area contributed by atoms with Gasteiger partial charge in [0.05, 0.1) is 24.6 Å². The number of benzene rings is 2. The highest BCUT2D eigenvalue weighted by molar-refractivity contribution is 9.10. The van der Waals surface area contributed by atoms with Crippen molar-refractivity contribution < 1.29 is 4.74 Å². The summed E-state index contributed by atoms with van der Waals surface area (Å²) in [6.07, 6.45) is 0. The minimum atomic E-state index is 0.790. The van der Waals surface area contributed by atoms with E-state index in [1.165, 1.54) is 5.69 Å². The van der Waals surface area contributed by atoms with Crippen molar-refractivity contribution in [2.24, 2.45) is 10.1 Å². The zero-order valence-electron chi connectivity index (χ0n) is 16.5. The molecule has 0 bridgehead atoms. The van der Waals surface area contributed by atoms with Crippen molar-refractivity contribution in [2.75, 3.05) is 38.3 Å². The summed E-state index contributed by atoms with van der Waals surface area (Å²) in [6.45, 7) is 5.50. The minimum Gasteiger partial charge on any atom is -0.378 e. The fourth-order valence-corrected chi connectivity index (χ4v) is 4.53. The summed E-state index contributed by atoms with van der Waals surface area (Å²) in [5, 5.41) is 7.01. The largest absolute Gasteiger partial charge is 0.378 e. The van der Waals surface area contributed by atoms with Crippen LogP contribution in [0.15, 0.2) is 68.5 Å². The predicted molar refractivity (Wildman–Crippen MR) is 124 cm³/mol. The fraction of sp³-hybridized carbons (Fsp3) is 0.273. The monoisotopic (exact) mass is 470 g/mol. The third-order valence-corrected chi connectivity index (χ3v) is 6.31. The number of nitrogens with zero attached hydrogens (tertiary/aromatic N) is 4. The molecule has 5 nitrogen and oxygen atoms in total. The number of morpholine rings is 1. The van der Waals surface area contributed by atoms with Crippen LogP contribution in [0, 0.1) is 0 Å². The van der Waals surface area contributed by atoms with E-state index in [9.17, 15) is 0 Å². The first-order chi connectivity index (χ1) is 14.2. The van der Waals surface area contributed by atoms with Crippen molar-refractivity contribution in [2.45, 2.75) is 6.92 Å². The Bertz CT molecular complexity index is 1080. The van der Waals surface area contributed by atoms with Gasteiger partial charge in [0.15, 0.2) is 0 Å². The van der Waals surface area contributed by atoms with Gasteiger partial charge in [-0.2, -0.15) is 5.10 Å². The highest BCUT2D eigenvalue weighted by atomic mass is 79.9. The molecule has 1 aromatic heterocycles. The van der Waals surface area contributed by atoms with Crippen LogP contribution in [0.4, 0.5) is 5.69 Å². The second-order valence-electron chi connectivity index (χ2n) is 6.78. The molecular weight excluding hydrogens is 448 g/mol. The topological polar surface area (TPSA) is 42.1 Å². The van der Waals surface area contributed by atoms with Crippen molar-refractivity contribution >= 4 is 38.7 Å². The molecule has 0 atom stereocenters. The van der Waals surface area contributed by atoms with E-state index in [1.54, 1.807) is 18.4 Å². The van der Waals surface area contributed by atoms with Crippen LogP contribution >= 0.6 is 27.3 Å². The van der Waals surface area contributed by atoms with E-state index < -0.39 is 0 Å². The molecular formula is C22H23BrN4OS. The maximum Gasteiger partial charge on any atom is 0.205 e. The molecule has 0 saturated carbocycles. The Morgan fingerprint density at radius 2 is 1.86 bits per heavy atom. The standard InChI is InChI=1S/C22H23BrN4OS/c1-16(17-6-8-20(9-7-17)26-10-12-28-13-11-26)25-27-21(15-29-22(27)24-2)18-4-3-5-19(23)14-18/h3-9,14-15H,10-13H2,1-2H3. The summed E-state index contributed by atoms with van der Waals surface area (Å²) >= 11 is 5.15. The van der Waals surface area contributed by atoms with E-state index >= 15 is 0 Å². The molecule has 2 heterocycles. The molecule has 4 rings (SSSR count). The highest BCUT2D eigenvalue weighted by Crippen LogP contribution is 2.24. The van der Waals surface area contributed by atoms with E-state index in [0.29, 0.717) is 0 Å². The zero-order chi connectivity index (χ0) is 20.2. The van der Waals surface area contributed by atoms with Crippen LogP contribution in [-0.2, 0) is 4.74 Å². The third kappa shape index (κ3) is 4.52. The van der Waals surface area contributed by atoms with Gasteiger partial charge in [0.2, 0.25) is 4.80 Å². The lowest BCUT2D eigenvalue weighted by Crippen LogP contribution is -2.36. The second kappa shape index (κ2) is 9.07. The molecule has 2 aromatic carbocycles. The maximum atomic E-state index is 5.44. The molecule has 0 amide bonds. The Morgan fingerprint density at radius 1 is 1.10 bits per heavy atom. The summed E-state index contributed by atoms with van der Waals surface area (Å²) < 4.78 is 8.42. The van der Waals surface area contributed by atoms with Crippen molar-refractivity contribution in [3.63, 3.8) is 0 Å². The fourth-order valence-electron chi connectivity index (χ4n) is 3.34. The number of thiazole rings is 1. The first-order valence-corrected chi connectivity index (χ1v) is 11.2. The van der Waals surface area contributed by atoms with E-state index in [1.807, 2.05) is 23.7 Å². The van der Waals surface area contributed by atoms with Gasteiger partial charge >= 0.3 is 0 Å².